The highest BCUT2D eigenvalue weighted by Gasteiger charge is 2.23. The lowest BCUT2D eigenvalue weighted by atomic mass is 9.85. The van der Waals surface area contributed by atoms with Crippen LogP contribution in [0.2, 0.25) is 0 Å². The molecule has 0 amide bonds. The van der Waals surface area contributed by atoms with Gasteiger partial charge in [0.05, 0.1) is 0 Å². The Kier molecular flexibility index (Phi) is 8.49. The minimum atomic E-state index is -0.691. The van der Waals surface area contributed by atoms with E-state index in [4.69, 9.17) is 0 Å². The van der Waals surface area contributed by atoms with Crippen molar-refractivity contribution in [1.82, 2.24) is 0 Å². The number of nitrogens with zero attached hydrogens (tertiary/aromatic N) is 1. The third-order valence-corrected chi connectivity index (χ3v) is 5.79. The van der Waals surface area contributed by atoms with Crippen LogP contribution in [0.15, 0.2) is 84.9 Å². The average molecular weight is 414 g/mol. The van der Waals surface area contributed by atoms with Gasteiger partial charge in [0.2, 0.25) is 0 Å². The zero-order chi connectivity index (χ0) is 22.1. The largest absolute Gasteiger partial charge is 0.384 e. The van der Waals surface area contributed by atoms with E-state index in [1.54, 1.807) is 0 Å². The van der Waals surface area contributed by atoms with Crippen LogP contribution in [0.3, 0.4) is 0 Å². The van der Waals surface area contributed by atoms with E-state index in [0.29, 0.717) is 0 Å². The minimum Gasteiger partial charge on any atom is -0.384 e. The summed E-state index contributed by atoms with van der Waals surface area (Å²) in [4.78, 5) is 2.13. The van der Waals surface area contributed by atoms with Gasteiger partial charge in [0.1, 0.15) is 6.10 Å². The average Bonchev–Trinajstić information content (AvgIpc) is 2.82. The van der Waals surface area contributed by atoms with E-state index in [0.717, 1.165) is 35.2 Å². The van der Waals surface area contributed by atoms with Crippen molar-refractivity contribution in [3.05, 3.63) is 102 Å². The maximum atomic E-state index is 11.7. The maximum Gasteiger partial charge on any atom is 0.105 e. The first kappa shape index (κ1) is 22.8. The molecular weight excluding hydrogens is 378 g/mol. The molecular formula is C29H35NO. The molecule has 0 aliphatic carbocycles. The van der Waals surface area contributed by atoms with E-state index < -0.39 is 6.10 Å². The lowest BCUT2D eigenvalue weighted by molar-refractivity contribution is 0.238. The Hall–Kier alpha value is -2.84. The topological polar surface area (TPSA) is 23.5 Å². The zero-order valence-corrected chi connectivity index (χ0v) is 19.1. The molecule has 0 radical (unpaired) electrons. The van der Waals surface area contributed by atoms with Gasteiger partial charge in [0.15, 0.2) is 0 Å². The first-order valence-electron chi connectivity index (χ1n) is 11.4. The summed E-state index contributed by atoms with van der Waals surface area (Å²) >= 11 is 0. The molecule has 0 aliphatic heterocycles. The summed E-state index contributed by atoms with van der Waals surface area (Å²) in [6.07, 6.45) is 5.04. The van der Waals surface area contributed by atoms with Crippen molar-refractivity contribution in [2.24, 2.45) is 0 Å². The highest BCUT2D eigenvalue weighted by Crippen LogP contribution is 2.42. The van der Waals surface area contributed by atoms with Crippen LogP contribution in [0, 0.1) is 0 Å². The van der Waals surface area contributed by atoms with Crippen molar-refractivity contribution in [1.29, 1.82) is 0 Å². The van der Waals surface area contributed by atoms with Crippen molar-refractivity contribution in [3.63, 3.8) is 0 Å². The molecule has 0 fully saturated rings. The highest BCUT2D eigenvalue weighted by atomic mass is 16.3. The molecule has 1 unspecified atom stereocenters. The molecule has 1 atom stereocenters. The smallest absolute Gasteiger partial charge is 0.105 e. The molecule has 0 aromatic heterocycles. The number of para-hydroxylation sites is 1. The van der Waals surface area contributed by atoms with Gasteiger partial charge in [-0.1, -0.05) is 105 Å². The molecule has 3 aromatic carbocycles. The third kappa shape index (κ3) is 5.86. The molecule has 0 spiro atoms. The molecule has 3 aromatic rings. The third-order valence-electron chi connectivity index (χ3n) is 5.79. The molecule has 162 valence electrons. The monoisotopic (exact) mass is 413 g/mol. The zero-order valence-electron chi connectivity index (χ0n) is 19.1. The van der Waals surface area contributed by atoms with E-state index in [-0.39, 0.29) is 0 Å². The van der Waals surface area contributed by atoms with Crippen molar-refractivity contribution in [2.45, 2.75) is 45.1 Å². The molecule has 1 N–H and O–H groups in total. The van der Waals surface area contributed by atoms with E-state index in [2.05, 4.69) is 80.5 Å². The molecule has 3 rings (SSSR count). The van der Waals surface area contributed by atoms with E-state index in [1.165, 1.54) is 30.4 Å². The van der Waals surface area contributed by atoms with Crippen LogP contribution >= 0.6 is 0 Å². The van der Waals surface area contributed by atoms with E-state index >= 15 is 0 Å². The second kappa shape index (κ2) is 11.5. The van der Waals surface area contributed by atoms with Crippen molar-refractivity contribution in [2.75, 3.05) is 19.0 Å². The SMILES string of the molecule is CCCCCC/C(=C(/c1ccccc1N(C)C)C(O)c1ccccc1)c1ccccc1. The second-order valence-electron chi connectivity index (χ2n) is 8.29. The van der Waals surface area contributed by atoms with Crippen LogP contribution in [0.25, 0.3) is 11.1 Å². The summed E-state index contributed by atoms with van der Waals surface area (Å²) in [5, 5.41) is 11.7. The number of aliphatic hydroxyl groups is 1. The summed E-state index contributed by atoms with van der Waals surface area (Å²) in [5.74, 6) is 0. The summed E-state index contributed by atoms with van der Waals surface area (Å²) in [5.41, 5.74) is 6.58. The number of allylic oxidation sites excluding steroid dienone is 1. The second-order valence-corrected chi connectivity index (χ2v) is 8.29. The Bertz CT molecular complexity index is 960. The molecule has 0 bridgehead atoms. The molecule has 31 heavy (non-hydrogen) atoms. The number of aliphatic hydroxyl groups excluding tert-OH is 1. The molecule has 0 saturated heterocycles. The fourth-order valence-electron chi connectivity index (χ4n) is 4.17. The van der Waals surface area contributed by atoms with Crippen LogP contribution < -0.4 is 4.90 Å². The van der Waals surface area contributed by atoms with Crippen LogP contribution in [0.5, 0.6) is 0 Å². The van der Waals surface area contributed by atoms with Gasteiger partial charge in [-0.25, -0.2) is 0 Å². The Morgan fingerprint density at radius 2 is 1.39 bits per heavy atom. The standard InChI is InChI=1S/C29H35NO/c1-4-5-6-13-20-25(23-16-9-7-10-17-23)28(29(31)24-18-11-8-12-19-24)26-21-14-15-22-27(26)30(2)3/h7-12,14-19,21-22,29,31H,4-6,13,20H2,1-3H3/b28-25+. The Morgan fingerprint density at radius 3 is 2.03 bits per heavy atom. The number of hydrogen-bond acceptors (Lipinski definition) is 2. The lowest BCUT2D eigenvalue weighted by Crippen LogP contribution is -2.13. The van der Waals surface area contributed by atoms with Gasteiger partial charge in [-0.2, -0.15) is 0 Å². The van der Waals surface area contributed by atoms with Gasteiger partial charge in [0.25, 0.3) is 0 Å². The minimum absolute atomic E-state index is 0.691. The fraction of sp³-hybridized carbons (Fsp3) is 0.310. The predicted octanol–water partition coefficient (Wildman–Crippen LogP) is 7.37. The highest BCUT2D eigenvalue weighted by molar-refractivity contribution is 5.96. The fourth-order valence-corrected chi connectivity index (χ4v) is 4.17. The van der Waals surface area contributed by atoms with Crippen molar-refractivity contribution >= 4 is 16.8 Å². The molecule has 0 heterocycles. The van der Waals surface area contributed by atoms with Gasteiger partial charge in [-0.3, -0.25) is 0 Å². The van der Waals surface area contributed by atoms with Gasteiger partial charge in [-0.05, 0) is 41.2 Å². The summed E-state index contributed by atoms with van der Waals surface area (Å²) in [6.45, 7) is 2.24. The summed E-state index contributed by atoms with van der Waals surface area (Å²) in [6, 6.07) is 29.0. The first-order valence-corrected chi connectivity index (χ1v) is 11.4. The number of benzene rings is 3. The van der Waals surface area contributed by atoms with Gasteiger partial charge in [0, 0.05) is 25.3 Å². The summed E-state index contributed by atoms with van der Waals surface area (Å²) in [7, 11) is 4.13. The van der Waals surface area contributed by atoms with E-state index in [9.17, 15) is 5.11 Å². The van der Waals surface area contributed by atoms with E-state index in [1.807, 2.05) is 30.3 Å². The number of anilines is 1. The number of rotatable bonds is 10. The summed E-state index contributed by atoms with van der Waals surface area (Å²) < 4.78 is 0. The van der Waals surface area contributed by atoms with Crippen molar-refractivity contribution < 1.29 is 5.11 Å². The molecule has 2 nitrogen and oxygen atoms in total. The lowest BCUT2D eigenvalue weighted by Gasteiger charge is -2.26. The number of hydrogen-bond donors (Lipinski definition) is 1. The number of unbranched alkanes of at least 4 members (excludes halogenated alkanes) is 3. The van der Waals surface area contributed by atoms with Gasteiger partial charge in [-0.15, -0.1) is 0 Å². The molecule has 0 saturated carbocycles. The Morgan fingerprint density at radius 1 is 0.774 bits per heavy atom. The van der Waals surface area contributed by atoms with Crippen LogP contribution in [0.4, 0.5) is 5.69 Å². The van der Waals surface area contributed by atoms with Gasteiger partial charge < -0.3 is 10.0 Å². The van der Waals surface area contributed by atoms with Crippen LogP contribution in [0.1, 0.15) is 61.8 Å². The molecule has 2 heteroatoms. The van der Waals surface area contributed by atoms with Crippen LogP contribution in [-0.2, 0) is 0 Å². The predicted molar refractivity (Wildman–Crippen MR) is 134 cm³/mol. The molecule has 0 aliphatic rings. The van der Waals surface area contributed by atoms with Gasteiger partial charge >= 0.3 is 0 Å². The maximum absolute atomic E-state index is 11.7. The first-order chi connectivity index (χ1) is 15.1. The Balaban J connectivity index is 2.23. The Labute approximate surface area is 187 Å². The van der Waals surface area contributed by atoms with Crippen molar-refractivity contribution in [3.8, 4) is 0 Å². The van der Waals surface area contributed by atoms with Crippen LogP contribution in [-0.4, -0.2) is 19.2 Å². The quantitative estimate of drug-likeness (QED) is 0.277. The normalized spacial score (nSPS) is 12.9.